The number of benzene rings is 1. The fourth-order valence-electron chi connectivity index (χ4n) is 3.12. The molecular formula is C24H24N6O3S. The molecule has 0 spiro atoms. The van der Waals surface area contributed by atoms with Crippen LogP contribution < -0.4 is 16.0 Å². The number of nitriles is 1. The van der Waals surface area contributed by atoms with E-state index in [1.54, 1.807) is 48.8 Å². The van der Waals surface area contributed by atoms with E-state index in [2.05, 4.69) is 25.9 Å². The lowest BCUT2D eigenvalue weighted by Gasteiger charge is -2.19. The number of carbonyl (C=O) groups is 3. The van der Waals surface area contributed by atoms with Crippen molar-refractivity contribution in [2.45, 2.75) is 26.3 Å². The first-order valence-corrected chi connectivity index (χ1v) is 11.5. The molecule has 3 rings (SSSR count). The molecule has 3 aromatic rings. The maximum atomic E-state index is 12.7. The van der Waals surface area contributed by atoms with Gasteiger partial charge in [-0.1, -0.05) is 26.0 Å². The van der Waals surface area contributed by atoms with Crippen molar-refractivity contribution in [3.8, 4) is 17.3 Å². The van der Waals surface area contributed by atoms with Crippen LogP contribution in [-0.2, 0) is 4.79 Å². The van der Waals surface area contributed by atoms with Gasteiger partial charge >= 0.3 is 0 Å². The van der Waals surface area contributed by atoms with E-state index in [0.29, 0.717) is 28.4 Å². The summed E-state index contributed by atoms with van der Waals surface area (Å²) in [5.41, 5.74) is 2.32. The fraction of sp³-hybridized carbons (Fsp3) is 0.250. The number of hydrogen-bond donors (Lipinski definition) is 3. The van der Waals surface area contributed by atoms with Crippen molar-refractivity contribution < 1.29 is 14.4 Å². The van der Waals surface area contributed by atoms with Gasteiger partial charge in [0.2, 0.25) is 5.91 Å². The van der Waals surface area contributed by atoms with Gasteiger partial charge in [-0.3, -0.25) is 24.7 Å². The minimum absolute atomic E-state index is 0.114. The maximum Gasteiger partial charge on any atom is 0.257 e. The Morgan fingerprint density at radius 3 is 2.35 bits per heavy atom. The number of thiazole rings is 1. The molecule has 0 saturated carbocycles. The molecule has 2 aromatic heterocycles. The van der Waals surface area contributed by atoms with Crippen LogP contribution in [0.1, 0.15) is 41.0 Å². The summed E-state index contributed by atoms with van der Waals surface area (Å²) in [5.74, 6) is -0.861. The first-order valence-electron chi connectivity index (χ1n) is 10.6. The van der Waals surface area contributed by atoms with Crippen molar-refractivity contribution in [2.24, 2.45) is 5.92 Å². The van der Waals surface area contributed by atoms with Gasteiger partial charge in [0.25, 0.3) is 11.8 Å². The first kappa shape index (κ1) is 24.5. The Morgan fingerprint density at radius 1 is 1.03 bits per heavy atom. The largest absolute Gasteiger partial charge is 0.341 e. The van der Waals surface area contributed by atoms with Crippen molar-refractivity contribution in [3.63, 3.8) is 0 Å². The van der Waals surface area contributed by atoms with E-state index in [9.17, 15) is 14.4 Å². The standard InChI is InChI=1S/C24H24N6O3S/c1-15(2)13-19(23(33)27-12-9-25)28-21(31)17-5-3-16(4-6-17)20-14-34-24(29-20)30-22(32)18-7-10-26-11-8-18/h3-8,10-11,14-15,19H,12-13H2,1-2H3,(H,27,33)(H,28,31)(H,29,30,32)/t19-/m0/s1. The molecule has 0 aliphatic heterocycles. The van der Waals surface area contributed by atoms with E-state index >= 15 is 0 Å². The molecule has 0 saturated heterocycles. The van der Waals surface area contributed by atoms with E-state index in [0.717, 1.165) is 5.56 Å². The molecule has 174 valence electrons. The molecular weight excluding hydrogens is 452 g/mol. The molecule has 9 nitrogen and oxygen atoms in total. The summed E-state index contributed by atoms with van der Waals surface area (Å²) in [5, 5.41) is 19.0. The summed E-state index contributed by atoms with van der Waals surface area (Å²) in [6, 6.07) is 11.2. The van der Waals surface area contributed by atoms with Crippen LogP contribution in [0.3, 0.4) is 0 Å². The number of amides is 3. The number of hydrogen-bond acceptors (Lipinski definition) is 7. The Balaban J connectivity index is 1.65. The normalized spacial score (nSPS) is 11.4. The second-order valence-electron chi connectivity index (χ2n) is 7.84. The van der Waals surface area contributed by atoms with Gasteiger partial charge in [-0.25, -0.2) is 4.98 Å². The molecule has 3 N–H and O–H groups in total. The Kier molecular flexibility index (Phi) is 8.43. The average molecular weight is 477 g/mol. The zero-order chi connectivity index (χ0) is 24.5. The van der Waals surface area contributed by atoms with E-state index < -0.39 is 6.04 Å². The highest BCUT2D eigenvalue weighted by Crippen LogP contribution is 2.25. The predicted octanol–water partition coefficient (Wildman–Crippen LogP) is 3.24. The molecule has 0 unspecified atom stereocenters. The summed E-state index contributed by atoms with van der Waals surface area (Å²) in [4.78, 5) is 45.6. The van der Waals surface area contributed by atoms with Crippen LogP contribution in [0, 0.1) is 17.2 Å². The van der Waals surface area contributed by atoms with Gasteiger partial charge in [0, 0.05) is 34.5 Å². The van der Waals surface area contributed by atoms with Crippen LogP contribution in [0.25, 0.3) is 11.3 Å². The van der Waals surface area contributed by atoms with Gasteiger partial charge in [-0.15, -0.1) is 11.3 Å². The molecule has 2 heterocycles. The van der Waals surface area contributed by atoms with Gasteiger partial charge in [0.15, 0.2) is 5.13 Å². The molecule has 1 aromatic carbocycles. The summed E-state index contributed by atoms with van der Waals surface area (Å²) in [6.07, 6.45) is 3.54. The zero-order valence-electron chi connectivity index (χ0n) is 18.7. The first-order chi connectivity index (χ1) is 16.4. The third-order valence-corrected chi connectivity index (χ3v) is 5.54. The molecule has 0 aliphatic rings. The quantitative estimate of drug-likeness (QED) is 0.406. The third kappa shape index (κ3) is 6.70. The Hall–Kier alpha value is -4.10. The van der Waals surface area contributed by atoms with Gasteiger partial charge in [-0.05, 0) is 36.6 Å². The Labute approximate surface area is 201 Å². The molecule has 10 heteroatoms. The number of aromatic nitrogens is 2. The second-order valence-corrected chi connectivity index (χ2v) is 8.69. The number of pyridine rings is 1. The number of rotatable bonds is 9. The SMILES string of the molecule is CC(C)C[C@H](NC(=O)c1ccc(-c2csc(NC(=O)c3ccncc3)n2)cc1)C(=O)NCC#N. The predicted molar refractivity (Wildman–Crippen MR) is 129 cm³/mol. The molecule has 1 atom stereocenters. The highest BCUT2D eigenvalue weighted by atomic mass is 32.1. The number of anilines is 1. The molecule has 0 fully saturated rings. The number of nitrogens with one attached hydrogen (secondary N) is 3. The Morgan fingerprint density at radius 2 is 1.71 bits per heavy atom. The summed E-state index contributed by atoms with van der Waals surface area (Å²) < 4.78 is 0. The lowest BCUT2D eigenvalue weighted by atomic mass is 10.0. The topological polar surface area (TPSA) is 137 Å². The van der Waals surface area contributed by atoms with E-state index in [1.807, 2.05) is 25.3 Å². The molecule has 34 heavy (non-hydrogen) atoms. The second kappa shape index (κ2) is 11.7. The Bertz CT molecular complexity index is 1190. The lowest BCUT2D eigenvalue weighted by Crippen LogP contribution is -2.47. The highest BCUT2D eigenvalue weighted by Gasteiger charge is 2.22. The van der Waals surface area contributed by atoms with Crippen molar-refractivity contribution in [1.29, 1.82) is 5.26 Å². The third-order valence-electron chi connectivity index (χ3n) is 4.78. The zero-order valence-corrected chi connectivity index (χ0v) is 19.6. The van der Waals surface area contributed by atoms with Crippen LogP contribution in [0.4, 0.5) is 5.13 Å². The average Bonchev–Trinajstić information content (AvgIpc) is 3.30. The molecule has 0 bridgehead atoms. The van der Waals surface area contributed by atoms with Crippen LogP contribution >= 0.6 is 11.3 Å². The van der Waals surface area contributed by atoms with E-state index in [-0.39, 0.29) is 30.2 Å². The maximum absolute atomic E-state index is 12.7. The van der Waals surface area contributed by atoms with Crippen LogP contribution in [-0.4, -0.2) is 40.3 Å². The van der Waals surface area contributed by atoms with Crippen molar-refractivity contribution >= 4 is 34.2 Å². The van der Waals surface area contributed by atoms with Gasteiger partial charge in [-0.2, -0.15) is 5.26 Å². The minimum atomic E-state index is -0.731. The number of carbonyl (C=O) groups excluding carboxylic acids is 3. The van der Waals surface area contributed by atoms with Crippen molar-refractivity contribution in [3.05, 3.63) is 65.3 Å². The van der Waals surface area contributed by atoms with Crippen LogP contribution in [0.15, 0.2) is 54.2 Å². The monoisotopic (exact) mass is 476 g/mol. The molecule has 3 amide bonds. The van der Waals surface area contributed by atoms with Gasteiger partial charge < -0.3 is 10.6 Å². The molecule has 0 aliphatic carbocycles. The summed E-state index contributed by atoms with van der Waals surface area (Å²) in [6.45, 7) is 3.79. The van der Waals surface area contributed by atoms with Gasteiger partial charge in [0.05, 0.1) is 11.8 Å². The summed E-state index contributed by atoms with van der Waals surface area (Å²) in [7, 11) is 0. The van der Waals surface area contributed by atoms with Crippen LogP contribution in [0.5, 0.6) is 0 Å². The number of nitrogens with zero attached hydrogens (tertiary/aromatic N) is 3. The van der Waals surface area contributed by atoms with Gasteiger partial charge in [0.1, 0.15) is 12.6 Å². The summed E-state index contributed by atoms with van der Waals surface area (Å²) >= 11 is 1.30. The smallest absolute Gasteiger partial charge is 0.257 e. The van der Waals surface area contributed by atoms with Crippen LogP contribution in [0.2, 0.25) is 0 Å². The van der Waals surface area contributed by atoms with E-state index in [1.165, 1.54) is 11.3 Å². The van der Waals surface area contributed by atoms with Crippen molar-refractivity contribution in [1.82, 2.24) is 20.6 Å². The van der Waals surface area contributed by atoms with Crippen molar-refractivity contribution in [2.75, 3.05) is 11.9 Å². The minimum Gasteiger partial charge on any atom is -0.341 e. The van der Waals surface area contributed by atoms with E-state index in [4.69, 9.17) is 5.26 Å². The lowest BCUT2D eigenvalue weighted by molar-refractivity contribution is -0.123. The highest BCUT2D eigenvalue weighted by molar-refractivity contribution is 7.14. The fourth-order valence-corrected chi connectivity index (χ4v) is 3.84. The molecule has 0 radical (unpaired) electrons.